The van der Waals surface area contributed by atoms with Crippen LogP contribution < -0.4 is 5.32 Å². The number of ether oxygens (including phenoxy) is 1. The normalized spacial score (nSPS) is 23.8. The van der Waals surface area contributed by atoms with Gasteiger partial charge in [-0.15, -0.1) is 0 Å². The quantitative estimate of drug-likeness (QED) is 0.519. The summed E-state index contributed by atoms with van der Waals surface area (Å²) in [5.74, 6) is 0. The highest BCUT2D eigenvalue weighted by molar-refractivity contribution is 5.68. The molecule has 1 saturated heterocycles. The van der Waals surface area contributed by atoms with Gasteiger partial charge in [-0.3, -0.25) is 0 Å². The smallest absolute Gasteiger partial charge is 0.412 e. The minimum atomic E-state index is -0.546. The summed E-state index contributed by atoms with van der Waals surface area (Å²) in [5, 5.41) is 11.5. The second-order valence-electron chi connectivity index (χ2n) is 2.79. The lowest BCUT2D eigenvalue weighted by atomic mass is 10.2. The Labute approximate surface area is 71.3 Å². The van der Waals surface area contributed by atoms with Crippen LogP contribution in [0.5, 0.6) is 0 Å². The van der Waals surface area contributed by atoms with E-state index in [1.165, 1.54) is 0 Å². The molecule has 1 rings (SSSR count). The number of hydrogen-bond donors (Lipinski definition) is 2. The summed E-state index contributed by atoms with van der Waals surface area (Å²) >= 11 is 0. The maximum atomic E-state index is 11.1. The fourth-order valence-corrected chi connectivity index (χ4v) is 1.25. The first kappa shape index (κ1) is 9.28. The molecule has 1 aliphatic heterocycles. The van der Waals surface area contributed by atoms with Crippen LogP contribution in [0.2, 0.25) is 0 Å². The third kappa shape index (κ3) is 2.09. The number of amides is 1. The maximum Gasteiger partial charge on any atom is 0.412 e. The summed E-state index contributed by atoms with van der Waals surface area (Å²) in [6.07, 6.45) is -0.438. The Bertz CT molecular complexity index is 163. The molecule has 0 aromatic carbocycles. The van der Waals surface area contributed by atoms with Gasteiger partial charge in [0.15, 0.2) is 6.79 Å². The Morgan fingerprint density at radius 3 is 3.17 bits per heavy atom. The van der Waals surface area contributed by atoms with Crippen molar-refractivity contribution >= 4 is 6.09 Å². The topological polar surface area (TPSA) is 61.8 Å². The van der Waals surface area contributed by atoms with E-state index in [1.54, 1.807) is 4.90 Å². The van der Waals surface area contributed by atoms with Crippen molar-refractivity contribution in [2.45, 2.75) is 13.0 Å². The van der Waals surface area contributed by atoms with Crippen LogP contribution >= 0.6 is 0 Å². The molecular weight excluding hydrogens is 160 g/mol. The molecule has 1 atom stereocenters. The van der Waals surface area contributed by atoms with Gasteiger partial charge in [0.25, 0.3) is 0 Å². The summed E-state index contributed by atoms with van der Waals surface area (Å²) < 4.78 is 4.47. The number of nitrogens with zero attached hydrogens (tertiary/aromatic N) is 1. The molecule has 1 aliphatic rings. The van der Waals surface area contributed by atoms with E-state index in [4.69, 9.17) is 5.11 Å². The van der Waals surface area contributed by atoms with E-state index in [0.29, 0.717) is 6.54 Å². The highest BCUT2D eigenvalue weighted by Crippen LogP contribution is 2.03. The lowest BCUT2D eigenvalue weighted by molar-refractivity contribution is 0.0130. The second-order valence-corrected chi connectivity index (χ2v) is 2.79. The van der Waals surface area contributed by atoms with E-state index in [2.05, 4.69) is 10.1 Å². The van der Waals surface area contributed by atoms with Crippen molar-refractivity contribution in [3.63, 3.8) is 0 Å². The van der Waals surface area contributed by atoms with E-state index < -0.39 is 12.9 Å². The van der Waals surface area contributed by atoms with Crippen LogP contribution in [0.4, 0.5) is 4.79 Å². The van der Waals surface area contributed by atoms with Crippen molar-refractivity contribution < 1.29 is 14.6 Å². The van der Waals surface area contributed by atoms with Gasteiger partial charge in [0, 0.05) is 25.7 Å². The van der Waals surface area contributed by atoms with Crippen LogP contribution in [0.15, 0.2) is 0 Å². The van der Waals surface area contributed by atoms with Gasteiger partial charge in [0.2, 0.25) is 0 Å². The number of carbonyl (C=O) groups excluding carboxylic acids is 1. The van der Waals surface area contributed by atoms with E-state index in [9.17, 15) is 4.79 Å². The number of rotatable bonds is 1. The standard InChI is InChI=1S/C7H14N2O3/c1-6-4-8-2-3-9(6)7(11)12-5-10/h6,8,10H,2-5H2,1H3. The van der Waals surface area contributed by atoms with Crippen molar-refractivity contribution in [2.24, 2.45) is 0 Å². The second kappa shape index (κ2) is 4.27. The van der Waals surface area contributed by atoms with Gasteiger partial charge in [0.1, 0.15) is 0 Å². The van der Waals surface area contributed by atoms with Gasteiger partial charge in [-0.2, -0.15) is 0 Å². The van der Waals surface area contributed by atoms with Crippen LogP contribution in [0.3, 0.4) is 0 Å². The zero-order chi connectivity index (χ0) is 8.97. The third-order valence-corrected chi connectivity index (χ3v) is 1.92. The fourth-order valence-electron chi connectivity index (χ4n) is 1.25. The number of piperazine rings is 1. The van der Waals surface area contributed by atoms with Crippen LogP contribution in [0.1, 0.15) is 6.92 Å². The van der Waals surface area contributed by atoms with Crippen LogP contribution in [-0.4, -0.2) is 48.6 Å². The molecule has 0 aromatic heterocycles. The molecule has 0 saturated carbocycles. The maximum absolute atomic E-state index is 11.1. The van der Waals surface area contributed by atoms with Crippen molar-refractivity contribution in [3.8, 4) is 0 Å². The lowest BCUT2D eigenvalue weighted by Gasteiger charge is -2.32. The highest BCUT2D eigenvalue weighted by atomic mass is 16.6. The SMILES string of the molecule is CC1CNCCN1C(=O)OCO. The van der Waals surface area contributed by atoms with Crippen LogP contribution in [0.25, 0.3) is 0 Å². The van der Waals surface area contributed by atoms with Gasteiger partial charge in [0.05, 0.1) is 0 Å². The first-order valence-corrected chi connectivity index (χ1v) is 4.00. The molecule has 1 fully saturated rings. The average Bonchev–Trinajstić information content (AvgIpc) is 2.05. The minimum absolute atomic E-state index is 0.137. The summed E-state index contributed by atoms with van der Waals surface area (Å²) in [4.78, 5) is 12.7. The van der Waals surface area contributed by atoms with E-state index in [0.717, 1.165) is 13.1 Å². The first-order valence-electron chi connectivity index (χ1n) is 4.00. The lowest BCUT2D eigenvalue weighted by Crippen LogP contribution is -2.52. The first-order chi connectivity index (χ1) is 5.75. The Morgan fingerprint density at radius 2 is 2.58 bits per heavy atom. The highest BCUT2D eigenvalue weighted by Gasteiger charge is 2.23. The average molecular weight is 174 g/mol. The molecule has 1 heterocycles. The summed E-state index contributed by atoms with van der Waals surface area (Å²) in [6.45, 7) is 3.59. The molecule has 5 nitrogen and oxygen atoms in total. The van der Waals surface area contributed by atoms with Gasteiger partial charge >= 0.3 is 6.09 Å². The van der Waals surface area contributed by atoms with Crippen LogP contribution in [-0.2, 0) is 4.74 Å². The van der Waals surface area contributed by atoms with Gasteiger partial charge in [-0.05, 0) is 6.92 Å². The molecule has 2 N–H and O–H groups in total. The molecule has 0 radical (unpaired) electrons. The molecule has 0 spiro atoms. The number of aliphatic hydroxyl groups is 1. The van der Waals surface area contributed by atoms with Crippen LogP contribution in [0, 0.1) is 0 Å². The molecular formula is C7H14N2O3. The molecule has 12 heavy (non-hydrogen) atoms. The predicted octanol–water partition coefficient (Wildman–Crippen LogP) is -0.634. The molecule has 0 bridgehead atoms. The molecule has 1 unspecified atom stereocenters. The van der Waals surface area contributed by atoms with E-state index >= 15 is 0 Å². The zero-order valence-electron chi connectivity index (χ0n) is 7.12. The van der Waals surface area contributed by atoms with E-state index in [-0.39, 0.29) is 6.04 Å². The van der Waals surface area contributed by atoms with Crippen molar-refractivity contribution in [1.82, 2.24) is 10.2 Å². The summed E-state index contributed by atoms with van der Waals surface area (Å²) in [7, 11) is 0. The largest absolute Gasteiger partial charge is 0.422 e. The summed E-state index contributed by atoms with van der Waals surface area (Å²) in [5.41, 5.74) is 0. The third-order valence-electron chi connectivity index (χ3n) is 1.92. The monoisotopic (exact) mass is 174 g/mol. The number of hydrogen-bond acceptors (Lipinski definition) is 4. The minimum Gasteiger partial charge on any atom is -0.422 e. The predicted molar refractivity (Wildman–Crippen MR) is 42.6 cm³/mol. The van der Waals surface area contributed by atoms with Crippen molar-refractivity contribution in [3.05, 3.63) is 0 Å². The fraction of sp³-hybridized carbons (Fsp3) is 0.857. The Morgan fingerprint density at radius 1 is 1.83 bits per heavy atom. The van der Waals surface area contributed by atoms with Crippen molar-refractivity contribution in [2.75, 3.05) is 26.4 Å². The number of nitrogens with one attached hydrogen (secondary N) is 1. The van der Waals surface area contributed by atoms with Gasteiger partial charge in [-0.25, -0.2) is 4.79 Å². The van der Waals surface area contributed by atoms with Gasteiger partial charge < -0.3 is 20.1 Å². The van der Waals surface area contributed by atoms with Gasteiger partial charge in [-0.1, -0.05) is 0 Å². The molecule has 0 aliphatic carbocycles. The zero-order valence-corrected chi connectivity index (χ0v) is 7.12. The molecule has 70 valence electrons. The van der Waals surface area contributed by atoms with Crippen molar-refractivity contribution in [1.29, 1.82) is 0 Å². The summed E-state index contributed by atoms with van der Waals surface area (Å²) in [6, 6.07) is 0.137. The Hall–Kier alpha value is -0.810. The number of aliphatic hydroxyl groups excluding tert-OH is 1. The molecule has 0 aromatic rings. The number of carbonyl (C=O) groups is 1. The Balaban J connectivity index is 2.42. The molecule has 5 heteroatoms. The van der Waals surface area contributed by atoms with E-state index in [1.807, 2.05) is 6.92 Å². The molecule has 1 amide bonds. The Kier molecular flexibility index (Phi) is 3.31.